The molecular formula is C20H31NO4Si. The quantitative estimate of drug-likeness (QED) is 0.555. The highest BCUT2D eigenvalue weighted by molar-refractivity contribution is 6.74. The maximum atomic E-state index is 12.9. The molecule has 3 atom stereocenters. The Morgan fingerprint density at radius 3 is 2.15 bits per heavy atom. The summed E-state index contributed by atoms with van der Waals surface area (Å²) in [6.07, 6.45) is -0.285. The third-order valence-corrected chi connectivity index (χ3v) is 10.3. The second-order valence-electron chi connectivity index (χ2n) is 8.57. The molecule has 144 valence electrons. The van der Waals surface area contributed by atoms with Crippen molar-refractivity contribution in [2.24, 2.45) is 5.92 Å². The maximum Gasteiger partial charge on any atom is 0.235 e. The molecule has 1 amide bonds. The van der Waals surface area contributed by atoms with E-state index in [1.54, 1.807) is 31.1 Å². The molecule has 6 heteroatoms. The Bertz CT molecular complexity index is 678. The summed E-state index contributed by atoms with van der Waals surface area (Å²) in [5.74, 6) is 0.216. The topological polar surface area (TPSA) is 55.8 Å². The number of ether oxygens (including phenoxy) is 1. The summed E-state index contributed by atoms with van der Waals surface area (Å²) in [6.45, 7) is 14.3. The monoisotopic (exact) mass is 377 g/mol. The van der Waals surface area contributed by atoms with Crippen LogP contribution in [0.2, 0.25) is 18.1 Å². The van der Waals surface area contributed by atoms with E-state index in [1.807, 2.05) is 19.1 Å². The van der Waals surface area contributed by atoms with E-state index in [0.29, 0.717) is 11.4 Å². The summed E-state index contributed by atoms with van der Waals surface area (Å²) in [6, 6.07) is 6.73. The Labute approximate surface area is 157 Å². The van der Waals surface area contributed by atoms with Gasteiger partial charge in [-0.15, -0.1) is 0 Å². The lowest BCUT2D eigenvalue weighted by Crippen LogP contribution is -2.68. The molecule has 26 heavy (non-hydrogen) atoms. The largest absolute Gasteiger partial charge is 0.497 e. The van der Waals surface area contributed by atoms with Crippen LogP contribution in [-0.4, -0.2) is 39.3 Å². The van der Waals surface area contributed by atoms with Gasteiger partial charge in [-0.05, 0) is 56.2 Å². The van der Waals surface area contributed by atoms with Crippen molar-refractivity contribution in [2.75, 3.05) is 12.0 Å². The molecule has 1 aliphatic heterocycles. The number of Topliss-reactive ketones (excluding diaryl/α,β-unsaturated/α-hetero) is 1. The Balaban J connectivity index is 2.23. The molecule has 0 aliphatic carbocycles. The lowest BCUT2D eigenvalue weighted by Gasteiger charge is -2.50. The smallest absolute Gasteiger partial charge is 0.235 e. The number of β-lactam (4-membered cyclic amide) rings is 1. The summed E-state index contributed by atoms with van der Waals surface area (Å²) < 4.78 is 11.6. The zero-order valence-electron chi connectivity index (χ0n) is 17.1. The number of methoxy groups -OCH3 is 1. The number of hydrogen-bond donors (Lipinski definition) is 0. The van der Waals surface area contributed by atoms with Crippen LogP contribution >= 0.6 is 0 Å². The van der Waals surface area contributed by atoms with Gasteiger partial charge in [0.2, 0.25) is 5.91 Å². The van der Waals surface area contributed by atoms with Gasteiger partial charge in [0.15, 0.2) is 14.1 Å². The number of anilines is 1. The van der Waals surface area contributed by atoms with Crippen LogP contribution in [0.5, 0.6) is 5.75 Å². The first-order chi connectivity index (χ1) is 11.9. The predicted molar refractivity (Wildman–Crippen MR) is 106 cm³/mol. The van der Waals surface area contributed by atoms with E-state index in [1.165, 1.54) is 0 Å². The van der Waals surface area contributed by atoms with Gasteiger partial charge in [0.05, 0.1) is 19.1 Å². The Morgan fingerprint density at radius 1 is 1.19 bits per heavy atom. The van der Waals surface area contributed by atoms with Gasteiger partial charge in [0.1, 0.15) is 11.8 Å². The second kappa shape index (κ2) is 7.16. The van der Waals surface area contributed by atoms with Crippen molar-refractivity contribution in [2.45, 2.75) is 64.9 Å². The number of amides is 1. The Kier molecular flexibility index (Phi) is 5.68. The first kappa shape index (κ1) is 20.6. The molecule has 0 unspecified atom stereocenters. The average molecular weight is 378 g/mol. The second-order valence-corrected chi connectivity index (χ2v) is 13.3. The molecule has 0 radical (unpaired) electrons. The van der Waals surface area contributed by atoms with Gasteiger partial charge in [-0.2, -0.15) is 0 Å². The fourth-order valence-corrected chi connectivity index (χ4v) is 4.58. The lowest BCUT2D eigenvalue weighted by molar-refractivity contribution is -0.141. The van der Waals surface area contributed by atoms with Gasteiger partial charge in [0, 0.05) is 5.69 Å². The molecule has 0 spiro atoms. The van der Waals surface area contributed by atoms with Crippen molar-refractivity contribution in [3.8, 4) is 5.75 Å². The normalized spacial score (nSPS) is 22.0. The number of hydrogen-bond acceptors (Lipinski definition) is 4. The first-order valence-electron chi connectivity index (χ1n) is 9.06. The van der Waals surface area contributed by atoms with Crippen molar-refractivity contribution >= 4 is 25.7 Å². The van der Waals surface area contributed by atoms with Crippen molar-refractivity contribution < 1.29 is 18.8 Å². The Morgan fingerprint density at radius 2 is 1.73 bits per heavy atom. The minimum absolute atomic E-state index is 0.0175. The standard InChI is InChI=1S/C20H31NO4Si/c1-13(22)18-17(14(2)25-26(7,8)20(3,4)5)19(23)21(18)15-9-11-16(24-6)12-10-15/h9-12,14,17-18H,1-8H3/t14-,17-,18-/m1/s1. The highest BCUT2D eigenvalue weighted by atomic mass is 28.4. The van der Waals surface area contributed by atoms with Crippen LogP contribution in [0, 0.1) is 5.92 Å². The zero-order chi connectivity index (χ0) is 19.9. The average Bonchev–Trinajstić information content (AvgIpc) is 2.51. The van der Waals surface area contributed by atoms with Gasteiger partial charge >= 0.3 is 0 Å². The minimum atomic E-state index is -2.02. The highest BCUT2D eigenvalue weighted by Gasteiger charge is 2.54. The van der Waals surface area contributed by atoms with Crippen LogP contribution in [0.1, 0.15) is 34.6 Å². The third-order valence-electron chi connectivity index (χ3n) is 5.70. The van der Waals surface area contributed by atoms with Crippen molar-refractivity contribution in [1.29, 1.82) is 0 Å². The zero-order valence-corrected chi connectivity index (χ0v) is 18.1. The number of carbonyl (C=O) groups excluding carboxylic acids is 2. The fraction of sp³-hybridized carbons (Fsp3) is 0.600. The molecule has 0 bridgehead atoms. The maximum absolute atomic E-state index is 12.9. The molecule has 1 saturated heterocycles. The van der Waals surface area contributed by atoms with E-state index in [9.17, 15) is 9.59 Å². The van der Waals surface area contributed by atoms with E-state index in [-0.39, 0.29) is 22.8 Å². The summed E-state index contributed by atoms with van der Waals surface area (Å²) in [7, 11) is -0.424. The third kappa shape index (κ3) is 3.71. The van der Waals surface area contributed by atoms with Crippen LogP contribution in [-0.2, 0) is 14.0 Å². The molecule has 1 fully saturated rings. The summed E-state index contributed by atoms with van der Waals surface area (Å²) in [4.78, 5) is 26.8. The summed E-state index contributed by atoms with van der Waals surface area (Å²) in [5, 5.41) is 0.0510. The Hall–Kier alpha value is -1.66. The van der Waals surface area contributed by atoms with E-state index < -0.39 is 20.3 Å². The summed E-state index contributed by atoms with van der Waals surface area (Å²) in [5.41, 5.74) is 0.715. The lowest BCUT2D eigenvalue weighted by atomic mass is 9.80. The molecular weight excluding hydrogens is 346 g/mol. The molecule has 2 rings (SSSR count). The fourth-order valence-electron chi connectivity index (χ4n) is 3.15. The predicted octanol–water partition coefficient (Wildman–Crippen LogP) is 4.03. The summed E-state index contributed by atoms with van der Waals surface area (Å²) >= 11 is 0. The molecule has 1 aromatic rings. The molecule has 1 heterocycles. The molecule has 0 saturated carbocycles. The van der Waals surface area contributed by atoms with Crippen LogP contribution < -0.4 is 9.64 Å². The van der Waals surface area contributed by atoms with Crippen LogP contribution in [0.15, 0.2) is 24.3 Å². The molecule has 0 N–H and O–H groups in total. The van der Waals surface area contributed by atoms with Gasteiger partial charge < -0.3 is 14.1 Å². The molecule has 1 aliphatic rings. The van der Waals surface area contributed by atoms with Crippen LogP contribution in [0.4, 0.5) is 5.69 Å². The number of rotatable bonds is 6. The van der Waals surface area contributed by atoms with Crippen molar-refractivity contribution in [1.82, 2.24) is 0 Å². The number of ketones is 1. The van der Waals surface area contributed by atoms with Gasteiger partial charge in [-0.1, -0.05) is 20.8 Å². The van der Waals surface area contributed by atoms with Crippen LogP contribution in [0.3, 0.4) is 0 Å². The minimum Gasteiger partial charge on any atom is -0.497 e. The molecule has 1 aromatic carbocycles. The SMILES string of the molecule is COc1ccc(N2C(=O)[C@H]([C@@H](C)O[Si](C)(C)C(C)(C)C)[C@H]2C(C)=O)cc1. The van der Waals surface area contributed by atoms with E-state index in [0.717, 1.165) is 0 Å². The molecule has 0 aromatic heterocycles. The van der Waals surface area contributed by atoms with Gasteiger partial charge in [-0.25, -0.2) is 0 Å². The molecule has 5 nitrogen and oxygen atoms in total. The number of benzene rings is 1. The van der Waals surface area contributed by atoms with E-state index in [2.05, 4.69) is 33.9 Å². The van der Waals surface area contributed by atoms with Crippen LogP contribution in [0.25, 0.3) is 0 Å². The van der Waals surface area contributed by atoms with Crippen molar-refractivity contribution in [3.63, 3.8) is 0 Å². The number of nitrogens with zero attached hydrogens (tertiary/aromatic N) is 1. The van der Waals surface area contributed by atoms with E-state index >= 15 is 0 Å². The highest BCUT2D eigenvalue weighted by Crippen LogP contribution is 2.42. The number of carbonyl (C=O) groups is 2. The van der Waals surface area contributed by atoms with Crippen molar-refractivity contribution in [3.05, 3.63) is 24.3 Å². The van der Waals surface area contributed by atoms with E-state index in [4.69, 9.17) is 9.16 Å². The first-order valence-corrected chi connectivity index (χ1v) is 12.0. The van der Waals surface area contributed by atoms with Gasteiger partial charge in [0.25, 0.3) is 0 Å². The van der Waals surface area contributed by atoms with Gasteiger partial charge in [-0.3, -0.25) is 9.59 Å².